The van der Waals surface area contributed by atoms with Gasteiger partial charge in [0.15, 0.2) is 0 Å². The lowest BCUT2D eigenvalue weighted by atomic mass is 10.1. The summed E-state index contributed by atoms with van der Waals surface area (Å²) in [4.78, 5) is 16.5. The third-order valence-corrected chi connectivity index (χ3v) is 7.26. The quantitative estimate of drug-likeness (QED) is 0.432. The Balaban J connectivity index is 1.92. The number of amides is 1. The van der Waals surface area contributed by atoms with E-state index < -0.39 is 15.7 Å². The fourth-order valence-corrected chi connectivity index (χ4v) is 4.93. The lowest BCUT2D eigenvalue weighted by molar-refractivity contribution is -0.112. The van der Waals surface area contributed by atoms with Crippen molar-refractivity contribution in [2.45, 2.75) is 39.8 Å². The molecule has 8 nitrogen and oxygen atoms in total. The molecule has 166 valence electrons. The average molecular weight is 470 g/mol. The van der Waals surface area contributed by atoms with E-state index in [1.165, 1.54) is 18.6 Å². The fraction of sp³-hybridized carbons (Fsp3) is 0.273. The summed E-state index contributed by atoms with van der Waals surface area (Å²) in [5.74, 6) is -0.822. The number of carbonyl (C=O) groups is 1. The molecule has 3 rings (SSSR count). The number of hydrogen-bond donors (Lipinski definition) is 1. The van der Waals surface area contributed by atoms with Gasteiger partial charge < -0.3 is 4.57 Å². The maximum absolute atomic E-state index is 12.6. The molecular formula is C22H23N5O3S2. The fourth-order valence-electron chi connectivity index (χ4n) is 3.35. The highest BCUT2D eigenvalue weighted by molar-refractivity contribution is 7.91. The zero-order valence-corrected chi connectivity index (χ0v) is 20.1. The van der Waals surface area contributed by atoms with Crippen molar-refractivity contribution in [2.24, 2.45) is 0 Å². The second-order valence-electron chi connectivity index (χ2n) is 7.36. The van der Waals surface area contributed by atoms with Crippen LogP contribution in [0.1, 0.15) is 35.0 Å². The minimum Gasteiger partial charge on any atom is -0.318 e. The van der Waals surface area contributed by atoms with Crippen molar-refractivity contribution in [2.75, 3.05) is 11.1 Å². The first kappa shape index (κ1) is 23.4. The highest BCUT2D eigenvalue weighted by atomic mass is 32.2. The number of carbonyl (C=O) groups excluding carboxylic acids is 1. The highest BCUT2D eigenvalue weighted by Crippen LogP contribution is 2.26. The van der Waals surface area contributed by atoms with E-state index in [2.05, 4.69) is 25.3 Å². The van der Waals surface area contributed by atoms with E-state index in [-0.39, 0.29) is 21.6 Å². The van der Waals surface area contributed by atoms with Crippen molar-refractivity contribution in [3.8, 4) is 11.8 Å². The van der Waals surface area contributed by atoms with Crippen LogP contribution in [0.4, 0.5) is 5.13 Å². The van der Waals surface area contributed by atoms with Crippen molar-refractivity contribution in [3.05, 3.63) is 57.9 Å². The van der Waals surface area contributed by atoms with Gasteiger partial charge in [-0.25, -0.2) is 8.42 Å². The Labute approximate surface area is 191 Å². The molecule has 0 bridgehead atoms. The number of aromatic nitrogens is 3. The van der Waals surface area contributed by atoms with Crippen LogP contribution >= 0.6 is 11.5 Å². The van der Waals surface area contributed by atoms with Gasteiger partial charge in [-0.05, 0) is 57.0 Å². The minimum atomic E-state index is -3.57. The summed E-state index contributed by atoms with van der Waals surface area (Å²) < 4.78 is 29.6. The zero-order valence-electron chi connectivity index (χ0n) is 18.4. The third kappa shape index (κ3) is 4.64. The van der Waals surface area contributed by atoms with E-state index >= 15 is 0 Å². The van der Waals surface area contributed by atoms with Crippen molar-refractivity contribution < 1.29 is 13.2 Å². The SMILES string of the molecule is CCS(=O)(=O)c1nsc(NC(=O)/C(C#N)=C\c2cc(C)n(-c3ccc(C)cc3C)c2C)n1. The molecule has 0 saturated carbocycles. The Morgan fingerprint density at radius 3 is 2.59 bits per heavy atom. The maximum Gasteiger partial charge on any atom is 0.268 e. The normalized spacial score (nSPS) is 11.9. The molecule has 0 aliphatic carbocycles. The molecule has 2 aromatic heterocycles. The van der Waals surface area contributed by atoms with Crippen LogP contribution in [-0.4, -0.2) is 34.0 Å². The Kier molecular flexibility index (Phi) is 6.62. The number of hydrogen-bond acceptors (Lipinski definition) is 7. The Morgan fingerprint density at radius 1 is 1.25 bits per heavy atom. The van der Waals surface area contributed by atoms with E-state index in [1.807, 2.05) is 52.0 Å². The molecule has 1 N–H and O–H groups in total. The number of benzene rings is 1. The van der Waals surface area contributed by atoms with Gasteiger partial charge in [0.25, 0.3) is 11.1 Å². The monoisotopic (exact) mass is 469 g/mol. The van der Waals surface area contributed by atoms with Gasteiger partial charge in [-0.3, -0.25) is 10.1 Å². The first-order valence-corrected chi connectivity index (χ1v) is 12.3. The van der Waals surface area contributed by atoms with Crippen LogP contribution in [0, 0.1) is 39.0 Å². The van der Waals surface area contributed by atoms with Gasteiger partial charge in [-0.1, -0.05) is 24.6 Å². The van der Waals surface area contributed by atoms with Crippen LogP contribution < -0.4 is 5.32 Å². The number of sulfone groups is 1. The van der Waals surface area contributed by atoms with Gasteiger partial charge >= 0.3 is 0 Å². The van der Waals surface area contributed by atoms with E-state index in [0.717, 1.165) is 39.7 Å². The average Bonchev–Trinajstić information content (AvgIpc) is 3.31. The number of anilines is 1. The highest BCUT2D eigenvalue weighted by Gasteiger charge is 2.20. The van der Waals surface area contributed by atoms with Crippen LogP contribution in [0.2, 0.25) is 0 Å². The molecule has 0 radical (unpaired) electrons. The summed E-state index contributed by atoms with van der Waals surface area (Å²) in [7, 11) is -3.57. The van der Waals surface area contributed by atoms with E-state index in [0.29, 0.717) is 0 Å². The smallest absolute Gasteiger partial charge is 0.268 e. The molecule has 0 atom stereocenters. The molecule has 0 aliphatic rings. The molecule has 1 aromatic carbocycles. The van der Waals surface area contributed by atoms with Gasteiger partial charge in [-0.2, -0.15) is 14.6 Å². The molecule has 0 saturated heterocycles. The van der Waals surface area contributed by atoms with E-state index in [4.69, 9.17) is 0 Å². The topological polar surface area (TPSA) is 118 Å². The predicted octanol–water partition coefficient (Wildman–Crippen LogP) is 3.90. The lowest BCUT2D eigenvalue weighted by Gasteiger charge is -2.13. The van der Waals surface area contributed by atoms with Gasteiger partial charge in [0, 0.05) is 28.6 Å². The Hall–Kier alpha value is -3.29. The van der Waals surface area contributed by atoms with Gasteiger partial charge in [0.1, 0.15) is 11.6 Å². The van der Waals surface area contributed by atoms with Crippen molar-refractivity contribution >= 4 is 38.5 Å². The number of nitrogens with zero attached hydrogens (tertiary/aromatic N) is 4. The second-order valence-corrected chi connectivity index (χ2v) is 10.3. The summed E-state index contributed by atoms with van der Waals surface area (Å²) in [6.45, 7) is 9.46. The number of rotatable bonds is 6. The van der Waals surface area contributed by atoms with Crippen LogP contribution in [0.15, 0.2) is 35.0 Å². The molecule has 10 heteroatoms. The van der Waals surface area contributed by atoms with Crippen molar-refractivity contribution in [3.63, 3.8) is 0 Å². The summed E-state index contributed by atoms with van der Waals surface area (Å²) in [6, 6.07) is 10.0. The van der Waals surface area contributed by atoms with E-state index in [1.54, 1.807) is 0 Å². The van der Waals surface area contributed by atoms with Crippen LogP contribution in [0.25, 0.3) is 11.8 Å². The first-order chi connectivity index (χ1) is 15.1. The molecule has 0 unspecified atom stereocenters. The predicted molar refractivity (Wildman–Crippen MR) is 125 cm³/mol. The summed E-state index contributed by atoms with van der Waals surface area (Å²) >= 11 is 0.751. The maximum atomic E-state index is 12.6. The Morgan fingerprint density at radius 2 is 1.97 bits per heavy atom. The molecule has 32 heavy (non-hydrogen) atoms. The molecule has 0 fully saturated rings. The second kappa shape index (κ2) is 9.06. The van der Waals surface area contributed by atoms with Gasteiger partial charge in [-0.15, -0.1) is 0 Å². The molecule has 3 aromatic rings. The lowest BCUT2D eigenvalue weighted by Crippen LogP contribution is -2.14. The first-order valence-electron chi connectivity index (χ1n) is 9.83. The molecule has 1 amide bonds. The van der Waals surface area contributed by atoms with E-state index in [9.17, 15) is 18.5 Å². The molecule has 0 spiro atoms. The van der Waals surface area contributed by atoms with Crippen LogP contribution in [-0.2, 0) is 14.6 Å². The molecule has 2 heterocycles. The van der Waals surface area contributed by atoms with Crippen LogP contribution in [0.5, 0.6) is 0 Å². The summed E-state index contributed by atoms with van der Waals surface area (Å²) in [5, 5.41) is 11.7. The van der Waals surface area contributed by atoms with Gasteiger partial charge in [0.05, 0.1) is 5.75 Å². The van der Waals surface area contributed by atoms with Crippen LogP contribution in [0.3, 0.4) is 0 Å². The standard InChI is InChI=1S/C22H23N5O3S2/c1-6-32(29,30)22-25-21(31-26-22)24-20(28)18(12-23)11-17-10-15(4)27(16(17)5)19-8-7-13(2)9-14(19)3/h7-11H,6H2,1-5H3,(H,24,25,26,28)/b18-11-. The minimum absolute atomic E-state index is 0.0175. The largest absolute Gasteiger partial charge is 0.318 e. The number of nitrogens with one attached hydrogen (secondary N) is 1. The van der Waals surface area contributed by atoms with Crippen molar-refractivity contribution in [1.82, 2.24) is 13.9 Å². The van der Waals surface area contributed by atoms with Crippen molar-refractivity contribution in [1.29, 1.82) is 5.26 Å². The molecule has 0 aliphatic heterocycles. The zero-order chi connectivity index (χ0) is 23.6. The number of nitriles is 1. The Bertz CT molecular complexity index is 1370. The number of aryl methyl sites for hydroxylation is 3. The molecular weight excluding hydrogens is 446 g/mol. The van der Waals surface area contributed by atoms with Gasteiger partial charge in [0.2, 0.25) is 15.0 Å². The summed E-state index contributed by atoms with van der Waals surface area (Å²) in [5.41, 5.74) is 5.80. The third-order valence-electron chi connectivity index (χ3n) is 5.01. The summed E-state index contributed by atoms with van der Waals surface area (Å²) in [6.07, 6.45) is 1.52.